The van der Waals surface area contributed by atoms with Crippen molar-refractivity contribution in [3.63, 3.8) is 0 Å². The number of methoxy groups -OCH3 is 1. The van der Waals surface area contributed by atoms with E-state index in [0.717, 1.165) is 27.4 Å². The number of carbonyl (C=O) groups is 1. The Morgan fingerprint density at radius 2 is 1.82 bits per heavy atom. The van der Waals surface area contributed by atoms with E-state index in [4.69, 9.17) is 10.6 Å². The van der Waals surface area contributed by atoms with E-state index in [1.165, 1.54) is 0 Å². The van der Waals surface area contributed by atoms with E-state index in [9.17, 15) is 4.79 Å². The van der Waals surface area contributed by atoms with E-state index >= 15 is 0 Å². The molecule has 1 aromatic rings. The molecule has 0 fully saturated rings. The lowest BCUT2D eigenvalue weighted by atomic mass is 9.95. The van der Waals surface area contributed by atoms with Gasteiger partial charge in [0.05, 0.1) is 13.0 Å². The van der Waals surface area contributed by atoms with Crippen LogP contribution in [0.15, 0.2) is 12.1 Å². The van der Waals surface area contributed by atoms with Gasteiger partial charge in [-0.3, -0.25) is 9.80 Å². The lowest BCUT2D eigenvalue weighted by Crippen LogP contribution is -2.36. The summed E-state index contributed by atoms with van der Waals surface area (Å²) >= 11 is 0. The van der Waals surface area contributed by atoms with Gasteiger partial charge in [-0.15, -0.1) is 0 Å². The first-order valence-corrected chi connectivity index (χ1v) is 5.55. The summed E-state index contributed by atoms with van der Waals surface area (Å²) in [6, 6.07) is 3.94. The number of hydrazine groups is 1. The normalized spacial score (nSPS) is 12.1. The van der Waals surface area contributed by atoms with Crippen molar-refractivity contribution < 1.29 is 9.53 Å². The Labute approximate surface area is 102 Å². The molecule has 0 saturated heterocycles. The summed E-state index contributed by atoms with van der Waals surface area (Å²) in [5, 5.41) is 1.12. The van der Waals surface area contributed by atoms with Crippen LogP contribution in [0, 0.1) is 13.8 Å². The minimum Gasteiger partial charge on any atom is -0.496 e. The van der Waals surface area contributed by atoms with Gasteiger partial charge in [0.1, 0.15) is 5.75 Å². The van der Waals surface area contributed by atoms with E-state index in [1.54, 1.807) is 14.2 Å². The second-order valence-corrected chi connectivity index (χ2v) is 4.36. The third-order valence-electron chi connectivity index (χ3n) is 2.90. The highest BCUT2D eigenvalue weighted by Crippen LogP contribution is 2.28. The number of likely N-dealkylation sites (N-methyl/N-ethyl adjacent to an activating group) is 1. The molecule has 1 rings (SSSR count). The van der Waals surface area contributed by atoms with Crippen LogP contribution < -0.4 is 10.6 Å². The Bertz CT molecular complexity index is 404. The average molecular weight is 236 g/mol. The maximum Gasteiger partial charge on any atom is 0.243 e. The minimum absolute atomic E-state index is 0.103. The Morgan fingerprint density at radius 3 is 2.18 bits per heavy atom. The SMILES string of the molecule is COc1c(C)cc(C(C)C(=O)N(C)N)cc1C. The Hall–Kier alpha value is -1.55. The third-order valence-corrected chi connectivity index (χ3v) is 2.90. The van der Waals surface area contributed by atoms with Crippen LogP contribution in [0.25, 0.3) is 0 Å². The van der Waals surface area contributed by atoms with Crippen molar-refractivity contribution >= 4 is 5.91 Å². The van der Waals surface area contributed by atoms with Gasteiger partial charge in [0, 0.05) is 7.05 Å². The maximum absolute atomic E-state index is 11.8. The molecule has 0 spiro atoms. The first-order valence-electron chi connectivity index (χ1n) is 5.55. The largest absolute Gasteiger partial charge is 0.496 e. The average Bonchev–Trinajstić information content (AvgIpc) is 2.26. The molecule has 0 saturated carbocycles. The van der Waals surface area contributed by atoms with Gasteiger partial charge < -0.3 is 4.74 Å². The fourth-order valence-electron chi connectivity index (χ4n) is 2.00. The van der Waals surface area contributed by atoms with Crippen LogP contribution >= 0.6 is 0 Å². The molecule has 1 atom stereocenters. The van der Waals surface area contributed by atoms with Crippen LogP contribution in [0.1, 0.15) is 29.5 Å². The van der Waals surface area contributed by atoms with Crippen molar-refractivity contribution in [2.24, 2.45) is 5.84 Å². The first kappa shape index (κ1) is 13.5. The van der Waals surface area contributed by atoms with E-state index < -0.39 is 0 Å². The number of aryl methyl sites for hydroxylation is 2. The Morgan fingerprint density at radius 1 is 1.35 bits per heavy atom. The molecular formula is C13H20N2O2. The van der Waals surface area contributed by atoms with Gasteiger partial charge in [-0.2, -0.15) is 0 Å². The topological polar surface area (TPSA) is 55.6 Å². The molecule has 0 bridgehead atoms. The first-order chi connectivity index (χ1) is 7.88. The molecule has 0 aliphatic heterocycles. The summed E-state index contributed by atoms with van der Waals surface area (Å²) in [5.74, 6) is 5.99. The number of nitrogens with zero attached hydrogens (tertiary/aromatic N) is 1. The molecule has 1 amide bonds. The van der Waals surface area contributed by atoms with E-state index in [1.807, 2.05) is 32.9 Å². The van der Waals surface area contributed by atoms with Crippen LogP contribution in [0.2, 0.25) is 0 Å². The highest BCUT2D eigenvalue weighted by molar-refractivity contribution is 5.82. The Balaban J connectivity index is 3.12. The molecule has 94 valence electrons. The zero-order valence-electron chi connectivity index (χ0n) is 11.1. The number of carbonyl (C=O) groups excluding carboxylic acids is 1. The minimum atomic E-state index is -0.242. The molecule has 0 aliphatic carbocycles. The molecule has 0 aliphatic rings. The molecule has 0 radical (unpaired) electrons. The quantitative estimate of drug-likeness (QED) is 0.494. The molecule has 1 aromatic carbocycles. The van der Waals surface area contributed by atoms with Crippen LogP contribution in [0.3, 0.4) is 0 Å². The smallest absolute Gasteiger partial charge is 0.243 e. The number of benzene rings is 1. The maximum atomic E-state index is 11.8. The fraction of sp³-hybridized carbons (Fsp3) is 0.462. The van der Waals surface area contributed by atoms with Crippen LogP contribution in [0.4, 0.5) is 0 Å². The standard InChI is InChI=1S/C13H20N2O2/c1-8-6-11(7-9(2)12(8)17-5)10(3)13(16)15(4)14/h6-7,10H,14H2,1-5H3. The third kappa shape index (κ3) is 2.77. The van der Waals surface area contributed by atoms with E-state index in [-0.39, 0.29) is 11.8 Å². The van der Waals surface area contributed by atoms with E-state index in [0.29, 0.717) is 0 Å². The van der Waals surface area contributed by atoms with Crippen molar-refractivity contribution in [2.75, 3.05) is 14.2 Å². The van der Waals surface area contributed by atoms with Gasteiger partial charge in [0.25, 0.3) is 0 Å². The molecule has 0 heterocycles. The van der Waals surface area contributed by atoms with Crippen molar-refractivity contribution in [3.05, 3.63) is 28.8 Å². The van der Waals surface area contributed by atoms with Gasteiger partial charge >= 0.3 is 0 Å². The van der Waals surface area contributed by atoms with Crippen molar-refractivity contribution in [3.8, 4) is 5.75 Å². The zero-order chi connectivity index (χ0) is 13.2. The predicted molar refractivity (Wildman–Crippen MR) is 67.8 cm³/mol. The molecular weight excluding hydrogens is 216 g/mol. The second kappa shape index (κ2) is 5.19. The Kier molecular flexibility index (Phi) is 4.12. The summed E-state index contributed by atoms with van der Waals surface area (Å²) < 4.78 is 5.30. The predicted octanol–water partition coefficient (Wildman–Crippen LogP) is 1.75. The van der Waals surface area contributed by atoms with Gasteiger partial charge in [-0.05, 0) is 37.5 Å². The highest BCUT2D eigenvalue weighted by atomic mass is 16.5. The van der Waals surface area contributed by atoms with Crippen LogP contribution in [-0.4, -0.2) is 25.1 Å². The van der Waals surface area contributed by atoms with Crippen molar-refractivity contribution in [2.45, 2.75) is 26.7 Å². The van der Waals surface area contributed by atoms with Gasteiger partial charge in [0.15, 0.2) is 0 Å². The van der Waals surface area contributed by atoms with E-state index in [2.05, 4.69) is 0 Å². The monoisotopic (exact) mass is 236 g/mol. The molecule has 17 heavy (non-hydrogen) atoms. The molecule has 1 unspecified atom stereocenters. The van der Waals surface area contributed by atoms with Crippen LogP contribution in [0.5, 0.6) is 5.75 Å². The zero-order valence-corrected chi connectivity index (χ0v) is 11.1. The van der Waals surface area contributed by atoms with Crippen LogP contribution in [-0.2, 0) is 4.79 Å². The lowest BCUT2D eigenvalue weighted by molar-refractivity contribution is -0.131. The highest BCUT2D eigenvalue weighted by Gasteiger charge is 2.19. The summed E-state index contributed by atoms with van der Waals surface area (Å²) in [6.07, 6.45) is 0. The number of ether oxygens (including phenoxy) is 1. The molecule has 0 aromatic heterocycles. The number of rotatable bonds is 3. The molecule has 4 heteroatoms. The molecule has 2 N–H and O–H groups in total. The second-order valence-electron chi connectivity index (χ2n) is 4.36. The number of hydrogen-bond donors (Lipinski definition) is 1. The van der Waals surface area contributed by atoms with Gasteiger partial charge in [-0.1, -0.05) is 12.1 Å². The summed E-state index contributed by atoms with van der Waals surface area (Å²) in [7, 11) is 3.21. The lowest BCUT2D eigenvalue weighted by Gasteiger charge is -2.18. The number of hydrogen-bond acceptors (Lipinski definition) is 3. The number of amides is 1. The summed E-state index contributed by atoms with van der Waals surface area (Å²) in [6.45, 7) is 5.80. The van der Waals surface area contributed by atoms with Crippen molar-refractivity contribution in [1.29, 1.82) is 0 Å². The van der Waals surface area contributed by atoms with Gasteiger partial charge in [0.2, 0.25) is 5.91 Å². The van der Waals surface area contributed by atoms with Crippen molar-refractivity contribution in [1.82, 2.24) is 5.01 Å². The molecule has 4 nitrogen and oxygen atoms in total. The fourth-order valence-corrected chi connectivity index (χ4v) is 2.00. The summed E-state index contributed by atoms with van der Waals surface area (Å²) in [4.78, 5) is 11.8. The van der Waals surface area contributed by atoms with Gasteiger partial charge in [-0.25, -0.2) is 5.84 Å². The number of nitrogens with two attached hydrogens (primary N) is 1. The summed E-state index contributed by atoms with van der Waals surface area (Å²) in [5.41, 5.74) is 3.02.